The molecular formula is C22H23N3O6. The number of carbonyl (C=O) groups is 3. The van der Waals surface area contributed by atoms with E-state index in [9.17, 15) is 14.4 Å². The second-order valence-electron chi connectivity index (χ2n) is 7.28. The molecule has 0 bridgehead atoms. The van der Waals surface area contributed by atoms with Gasteiger partial charge in [-0.1, -0.05) is 12.1 Å². The molecule has 4 rings (SSSR count). The standard InChI is InChI=1S/C22H23N3O6/c1-29-17-9-14(10-18(30-2)21(17)31-3)24-11-13(8-20(24)27)22(28)25-12-19(26)23-15-6-4-5-7-16(15)25/h4-7,9-10,13H,8,11-12H2,1-3H3,(H,23,26). The first-order valence-corrected chi connectivity index (χ1v) is 9.77. The van der Waals surface area contributed by atoms with Gasteiger partial charge in [-0.3, -0.25) is 14.4 Å². The van der Waals surface area contributed by atoms with Crippen LogP contribution in [0.1, 0.15) is 6.42 Å². The molecule has 0 spiro atoms. The maximum Gasteiger partial charge on any atom is 0.244 e. The fourth-order valence-corrected chi connectivity index (χ4v) is 4.00. The highest BCUT2D eigenvalue weighted by molar-refractivity contribution is 6.12. The number of ether oxygens (including phenoxy) is 3. The van der Waals surface area contributed by atoms with Crippen molar-refractivity contribution in [3.63, 3.8) is 0 Å². The van der Waals surface area contributed by atoms with E-state index in [1.165, 1.54) is 31.1 Å². The zero-order valence-corrected chi connectivity index (χ0v) is 17.5. The first-order chi connectivity index (χ1) is 15.0. The van der Waals surface area contributed by atoms with E-state index in [1.54, 1.807) is 36.4 Å². The van der Waals surface area contributed by atoms with Gasteiger partial charge in [-0.2, -0.15) is 0 Å². The normalized spacial score (nSPS) is 17.8. The van der Waals surface area contributed by atoms with E-state index in [-0.39, 0.29) is 37.2 Å². The van der Waals surface area contributed by atoms with Crippen molar-refractivity contribution in [1.29, 1.82) is 0 Å². The van der Waals surface area contributed by atoms with Gasteiger partial charge in [-0.15, -0.1) is 0 Å². The lowest BCUT2D eigenvalue weighted by Crippen LogP contribution is -2.45. The lowest BCUT2D eigenvalue weighted by Gasteiger charge is -2.30. The number of carbonyl (C=O) groups excluding carboxylic acids is 3. The van der Waals surface area contributed by atoms with Crippen molar-refractivity contribution in [3.05, 3.63) is 36.4 Å². The highest BCUT2D eigenvalue weighted by atomic mass is 16.5. The highest BCUT2D eigenvalue weighted by Crippen LogP contribution is 2.42. The zero-order chi connectivity index (χ0) is 22.1. The molecule has 3 amide bonds. The summed E-state index contributed by atoms with van der Waals surface area (Å²) in [6, 6.07) is 10.5. The van der Waals surface area contributed by atoms with E-state index in [2.05, 4.69) is 5.32 Å². The Morgan fingerprint density at radius 2 is 1.71 bits per heavy atom. The molecule has 31 heavy (non-hydrogen) atoms. The zero-order valence-electron chi connectivity index (χ0n) is 17.5. The topological polar surface area (TPSA) is 97.4 Å². The van der Waals surface area contributed by atoms with Crippen LogP contribution >= 0.6 is 0 Å². The molecule has 1 atom stereocenters. The molecule has 1 fully saturated rings. The van der Waals surface area contributed by atoms with Gasteiger partial charge in [0.15, 0.2) is 11.5 Å². The highest BCUT2D eigenvalue weighted by Gasteiger charge is 2.40. The quantitative estimate of drug-likeness (QED) is 0.788. The fourth-order valence-electron chi connectivity index (χ4n) is 4.00. The largest absolute Gasteiger partial charge is 0.493 e. The number of rotatable bonds is 5. The summed E-state index contributed by atoms with van der Waals surface area (Å²) in [5.41, 5.74) is 1.76. The van der Waals surface area contributed by atoms with Gasteiger partial charge in [0, 0.05) is 25.1 Å². The number of nitrogens with one attached hydrogen (secondary N) is 1. The minimum atomic E-state index is -0.578. The Bertz CT molecular complexity index is 1030. The van der Waals surface area contributed by atoms with Crippen LogP contribution in [-0.2, 0) is 14.4 Å². The van der Waals surface area contributed by atoms with Crippen molar-refractivity contribution in [2.75, 3.05) is 49.5 Å². The summed E-state index contributed by atoms with van der Waals surface area (Å²) in [7, 11) is 4.50. The smallest absolute Gasteiger partial charge is 0.244 e. The van der Waals surface area contributed by atoms with Crippen molar-refractivity contribution in [2.45, 2.75) is 6.42 Å². The fraction of sp³-hybridized carbons (Fsp3) is 0.318. The van der Waals surface area contributed by atoms with Gasteiger partial charge in [-0.25, -0.2) is 0 Å². The van der Waals surface area contributed by atoms with Crippen LogP contribution in [0.4, 0.5) is 17.1 Å². The van der Waals surface area contributed by atoms with Gasteiger partial charge in [0.1, 0.15) is 6.54 Å². The molecule has 2 aliphatic heterocycles. The van der Waals surface area contributed by atoms with Crippen LogP contribution in [-0.4, -0.2) is 52.1 Å². The minimum Gasteiger partial charge on any atom is -0.493 e. The van der Waals surface area contributed by atoms with Crippen LogP contribution in [0.5, 0.6) is 17.2 Å². The van der Waals surface area contributed by atoms with Crippen LogP contribution in [0.25, 0.3) is 0 Å². The number of amides is 3. The van der Waals surface area contributed by atoms with Crippen LogP contribution in [0, 0.1) is 5.92 Å². The Labute approximate surface area is 179 Å². The molecule has 0 saturated carbocycles. The lowest BCUT2D eigenvalue weighted by atomic mass is 10.1. The molecule has 2 aromatic carbocycles. The Morgan fingerprint density at radius 1 is 1.03 bits per heavy atom. The number of methoxy groups -OCH3 is 3. The first kappa shape index (κ1) is 20.5. The molecule has 162 valence electrons. The molecule has 1 saturated heterocycles. The van der Waals surface area contributed by atoms with E-state index in [0.717, 1.165) is 0 Å². The maximum atomic E-state index is 13.3. The van der Waals surface area contributed by atoms with Gasteiger partial charge in [0.25, 0.3) is 0 Å². The van der Waals surface area contributed by atoms with E-state index in [0.29, 0.717) is 34.3 Å². The first-order valence-electron chi connectivity index (χ1n) is 9.77. The summed E-state index contributed by atoms with van der Waals surface area (Å²) in [5.74, 6) is -0.0394. The second-order valence-corrected chi connectivity index (χ2v) is 7.28. The number of benzene rings is 2. The number of nitrogens with zero attached hydrogens (tertiary/aromatic N) is 2. The number of para-hydroxylation sites is 2. The molecule has 9 heteroatoms. The van der Waals surface area contributed by atoms with Gasteiger partial charge in [0.05, 0.1) is 44.3 Å². The molecule has 2 aromatic rings. The third-order valence-electron chi connectivity index (χ3n) is 5.47. The van der Waals surface area contributed by atoms with Gasteiger partial charge >= 0.3 is 0 Å². The van der Waals surface area contributed by atoms with Crippen LogP contribution in [0.15, 0.2) is 36.4 Å². The summed E-state index contributed by atoms with van der Waals surface area (Å²) in [6.45, 7) is 0.112. The van der Waals surface area contributed by atoms with Crippen LogP contribution in [0.2, 0.25) is 0 Å². The van der Waals surface area contributed by atoms with Crippen molar-refractivity contribution in [3.8, 4) is 17.2 Å². The monoisotopic (exact) mass is 425 g/mol. The predicted molar refractivity (Wildman–Crippen MR) is 114 cm³/mol. The van der Waals surface area contributed by atoms with Crippen molar-refractivity contribution < 1.29 is 28.6 Å². The van der Waals surface area contributed by atoms with E-state index in [1.807, 2.05) is 0 Å². The molecule has 1 N–H and O–H groups in total. The van der Waals surface area contributed by atoms with Crippen molar-refractivity contribution >= 4 is 34.8 Å². The van der Waals surface area contributed by atoms with Crippen LogP contribution in [0.3, 0.4) is 0 Å². The molecule has 2 aliphatic rings. The van der Waals surface area contributed by atoms with Gasteiger partial charge in [0.2, 0.25) is 23.5 Å². The number of fused-ring (bicyclic) bond motifs is 1. The summed E-state index contributed by atoms with van der Waals surface area (Å²) in [6.07, 6.45) is 0.0514. The second kappa shape index (κ2) is 8.17. The van der Waals surface area contributed by atoms with E-state index in [4.69, 9.17) is 14.2 Å². The summed E-state index contributed by atoms with van der Waals surface area (Å²) < 4.78 is 16.1. The van der Waals surface area contributed by atoms with Gasteiger partial charge in [-0.05, 0) is 12.1 Å². The van der Waals surface area contributed by atoms with Gasteiger partial charge < -0.3 is 29.3 Å². The average Bonchev–Trinajstić information content (AvgIpc) is 3.18. The van der Waals surface area contributed by atoms with E-state index < -0.39 is 5.92 Å². The number of anilines is 3. The summed E-state index contributed by atoms with van der Waals surface area (Å²) in [5, 5.41) is 2.77. The minimum absolute atomic E-state index is 0.0514. The Balaban J connectivity index is 1.61. The average molecular weight is 425 g/mol. The molecule has 0 radical (unpaired) electrons. The molecule has 1 unspecified atom stereocenters. The van der Waals surface area contributed by atoms with Crippen molar-refractivity contribution in [2.24, 2.45) is 5.92 Å². The van der Waals surface area contributed by atoms with Crippen molar-refractivity contribution in [1.82, 2.24) is 0 Å². The predicted octanol–water partition coefficient (Wildman–Crippen LogP) is 2.05. The Kier molecular flexibility index (Phi) is 5.41. The summed E-state index contributed by atoms with van der Waals surface area (Å²) in [4.78, 5) is 41.1. The third-order valence-corrected chi connectivity index (χ3v) is 5.47. The Hall–Kier alpha value is -3.75. The molecular weight excluding hydrogens is 402 g/mol. The molecule has 0 aliphatic carbocycles. The lowest BCUT2D eigenvalue weighted by molar-refractivity contribution is -0.125. The van der Waals surface area contributed by atoms with Crippen LogP contribution < -0.4 is 29.3 Å². The maximum absolute atomic E-state index is 13.3. The molecule has 0 aromatic heterocycles. The number of hydrogen-bond donors (Lipinski definition) is 1. The third kappa shape index (κ3) is 3.63. The molecule has 9 nitrogen and oxygen atoms in total. The number of hydrogen-bond acceptors (Lipinski definition) is 6. The van der Waals surface area contributed by atoms with E-state index >= 15 is 0 Å². The molecule has 2 heterocycles. The summed E-state index contributed by atoms with van der Waals surface area (Å²) >= 11 is 0. The SMILES string of the molecule is COc1cc(N2CC(C(=O)N3CC(=O)Nc4ccccc43)CC2=O)cc(OC)c1OC. The Morgan fingerprint density at radius 3 is 2.35 bits per heavy atom.